The van der Waals surface area contributed by atoms with Crippen molar-refractivity contribution < 1.29 is 9.90 Å². The summed E-state index contributed by atoms with van der Waals surface area (Å²) in [5, 5.41) is 8.94. The van der Waals surface area contributed by atoms with E-state index in [1.807, 2.05) is 4.90 Å². The van der Waals surface area contributed by atoms with Gasteiger partial charge in [0.15, 0.2) is 0 Å². The number of hydrogen-bond donors (Lipinski definition) is 1. The third kappa shape index (κ3) is 2.50. The summed E-state index contributed by atoms with van der Waals surface area (Å²) in [6, 6.07) is 0. The molecule has 3 nitrogen and oxygen atoms in total. The van der Waals surface area contributed by atoms with Crippen molar-refractivity contribution in [3.8, 4) is 0 Å². The SMILES string of the molecule is CC(O)CC(=O)N1CCCC1. The maximum Gasteiger partial charge on any atom is 0.225 e. The number of aliphatic hydroxyl groups is 1. The third-order valence-corrected chi connectivity index (χ3v) is 1.93. The minimum Gasteiger partial charge on any atom is -0.393 e. The van der Waals surface area contributed by atoms with Crippen LogP contribution in [0.4, 0.5) is 0 Å². The standard InChI is InChI=1S/C8H15NO2/c1-7(10)6-8(11)9-4-2-3-5-9/h7,10H,2-6H2,1H3. The lowest BCUT2D eigenvalue weighted by Gasteiger charge is -2.15. The summed E-state index contributed by atoms with van der Waals surface area (Å²) in [4.78, 5) is 13.0. The molecule has 0 aliphatic carbocycles. The zero-order valence-corrected chi connectivity index (χ0v) is 6.92. The minimum atomic E-state index is -0.497. The average molecular weight is 157 g/mol. The van der Waals surface area contributed by atoms with Crippen LogP contribution in [0.15, 0.2) is 0 Å². The minimum absolute atomic E-state index is 0.0949. The molecule has 0 spiro atoms. The summed E-state index contributed by atoms with van der Waals surface area (Å²) in [7, 11) is 0. The van der Waals surface area contributed by atoms with Crippen LogP contribution in [0.5, 0.6) is 0 Å². The number of amides is 1. The fourth-order valence-electron chi connectivity index (χ4n) is 1.35. The Balaban J connectivity index is 2.28. The molecule has 1 saturated heterocycles. The molecule has 0 radical (unpaired) electrons. The van der Waals surface area contributed by atoms with Crippen molar-refractivity contribution in [2.45, 2.75) is 32.3 Å². The Morgan fingerprint density at radius 2 is 2.09 bits per heavy atom. The van der Waals surface area contributed by atoms with Crippen molar-refractivity contribution in [2.75, 3.05) is 13.1 Å². The molecule has 3 heteroatoms. The van der Waals surface area contributed by atoms with E-state index >= 15 is 0 Å². The van der Waals surface area contributed by atoms with Crippen LogP contribution >= 0.6 is 0 Å². The molecule has 1 N–H and O–H groups in total. The van der Waals surface area contributed by atoms with Gasteiger partial charge in [-0.1, -0.05) is 0 Å². The fourth-order valence-corrected chi connectivity index (χ4v) is 1.35. The molecule has 1 atom stereocenters. The number of carbonyl (C=O) groups is 1. The normalized spacial score (nSPS) is 20.4. The Morgan fingerprint density at radius 3 is 2.55 bits per heavy atom. The molecule has 1 aliphatic rings. The molecule has 1 aliphatic heterocycles. The van der Waals surface area contributed by atoms with Gasteiger partial charge in [0.1, 0.15) is 0 Å². The van der Waals surface area contributed by atoms with E-state index in [1.165, 1.54) is 0 Å². The van der Waals surface area contributed by atoms with E-state index in [-0.39, 0.29) is 12.3 Å². The van der Waals surface area contributed by atoms with E-state index in [9.17, 15) is 4.79 Å². The largest absolute Gasteiger partial charge is 0.393 e. The molecular weight excluding hydrogens is 142 g/mol. The topological polar surface area (TPSA) is 40.5 Å². The average Bonchev–Trinajstić information content (AvgIpc) is 2.35. The van der Waals surface area contributed by atoms with Gasteiger partial charge in [-0.15, -0.1) is 0 Å². The number of carbonyl (C=O) groups excluding carboxylic acids is 1. The lowest BCUT2D eigenvalue weighted by Crippen LogP contribution is -2.29. The van der Waals surface area contributed by atoms with Gasteiger partial charge in [0.25, 0.3) is 0 Å². The van der Waals surface area contributed by atoms with Crippen molar-refractivity contribution in [2.24, 2.45) is 0 Å². The van der Waals surface area contributed by atoms with Crippen LogP contribution in [0, 0.1) is 0 Å². The van der Waals surface area contributed by atoms with E-state index in [0.717, 1.165) is 25.9 Å². The van der Waals surface area contributed by atoms with Crippen LogP contribution in [0.25, 0.3) is 0 Å². The predicted molar refractivity (Wildman–Crippen MR) is 42.1 cm³/mol. The summed E-state index contributed by atoms with van der Waals surface area (Å²) in [6.07, 6.45) is 2.01. The molecule has 1 fully saturated rings. The van der Waals surface area contributed by atoms with Gasteiger partial charge in [0.2, 0.25) is 5.91 Å². The highest BCUT2D eigenvalue weighted by molar-refractivity contribution is 5.76. The van der Waals surface area contributed by atoms with E-state index in [2.05, 4.69) is 0 Å². The lowest BCUT2D eigenvalue weighted by atomic mass is 10.2. The molecule has 0 bridgehead atoms. The van der Waals surface area contributed by atoms with Crippen LogP contribution < -0.4 is 0 Å². The number of rotatable bonds is 2. The second kappa shape index (κ2) is 3.72. The Labute approximate surface area is 67.0 Å². The summed E-state index contributed by atoms with van der Waals surface area (Å²) in [5.74, 6) is 0.0949. The van der Waals surface area contributed by atoms with Crippen LogP contribution in [-0.4, -0.2) is 35.1 Å². The maximum atomic E-state index is 11.2. The first kappa shape index (κ1) is 8.53. The lowest BCUT2D eigenvalue weighted by molar-refractivity contribution is -0.131. The van der Waals surface area contributed by atoms with E-state index in [4.69, 9.17) is 5.11 Å². The second-order valence-corrected chi connectivity index (χ2v) is 3.14. The van der Waals surface area contributed by atoms with Crippen LogP contribution in [0.1, 0.15) is 26.2 Å². The van der Waals surface area contributed by atoms with Gasteiger partial charge < -0.3 is 10.0 Å². The first-order valence-corrected chi connectivity index (χ1v) is 4.16. The number of nitrogens with zero attached hydrogens (tertiary/aromatic N) is 1. The maximum absolute atomic E-state index is 11.2. The third-order valence-electron chi connectivity index (χ3n) is 1.93. The molecule has 1 rings (SSSR count). The Kier molecular flexibility index (Phi) is 2.88. The van der Waals surface area contributed by atoms with E-state index in [0.29, 0.717) is 0 Å². The highest BCUT2D eigenvalue weighted by atomic mass is 16.3. The molecule has 0 aromatic heterocycles. The summed E-state index contributed by atoms with van der Waals surface area (Å²) < 4.78 is 0. The van der Waals surface area contributed by atoms with Crippen molar-refractivity contribution in [1.82, 2.24) is 4.90 Å². The van der Waals surface area contributed by atoms with Crippen LogP contribution in [0.2, 0.25) is 0 Å². The molecule has 0 aromatic rings. The number of likely N-dealkylation sites (tertiary alicyclic amines) is 1. The molecule has 1 unspecified atom stereocenters. The Bertz CT molecular complexity index is 139. The summed E-state index contributed by atoms with van der Waals surface area (Å²) in [6.45, 7) is 3.41. The molecule has 1 amide bonds. The van der Waals surface area contributed by atoms with Gasteiger partial charge in [-0.3, -0.25) is 4.79 Å². The molecule has 0 aromatic carbocycles. The van der Waals surface area contributed by atoms with Crippen molar-refractivity contribution >= 4 is 5.91 Å². The zero-order chi connectivity index (χ0) is 8.27. The molecule has 11 heavy (non-hydrogen) atoms. The van der Waals surface area contributed by atoms with Crippen LogP contribution in [-0.2, 0) is 4.79 Å². The second-order valence-electron chi connectivity index (χ2n) is 3.14. The molecule has 64 valence electrons. The summed E-state index contributed by atoms with van der Waals surface area (Å²) in [5.41, 5.74) is 0. The Hall–Kier alpha value is -0.570. The zero-order valence-electron chi connectivity index (χ0n) is 6.92. The fraction of sp³-hybridized carbons (Fsp3) is 0.875. The van der Waals surface area contributed by atoms with Gasteiger partial charge in [-0.25, -0.2) is 0 Å². The van der Waals surface area contributed by atoms with E-state index in [1.54, 1.807) is 6.92 Å². The molecular formula is C8H15NO2. The van der Waals surface area contributed by atoms with Gasteiger partial charge in [0.05, 0.1) is 12.5 Å². The first-order chi connectivity index (χ1) is 5.20. The predicted octanol–water partition coefficient (Wildman–Crippen LogP) is 0.380. The molecule has 0 saturated carbocycles. The highest BCUT2D eigenvalue weighted by Crippen LogP contribution is 2.09. The van der Waals surface area contributed by atoms with Gasteiger partial charge in [0, 0.05) is 13.1 Å². The van der Waals surface area contributed by atoms with Crippen molar-refractivity contribution in [3.63, 3.8) is 0 Å². The van der Waals surface area contributed by atoms with Crippen molar-refractivity contribution in [3.05, 3.63) is 0 Å². The Morgan fingerprint density at radius 1 is 1.55 bits per heavy atom. The van der Waals surface area contributed by atoms with Gasteiger partial charge in [-0.2, -0.15) is 0 Å². The first-order valence-electron chi connectivity index (χ1n) is 4.16. The smallest absolute Gasteiger partial charge is 0.225 e. The highest BCUT2D eigenvalue weighted by Gasteiger charge is 2.18. The molecule has 1 heterocycles. The van der Waals surface area contributed by atoms with Crippen LogP contribution in [0.3, 0.4) is 0 Å². The quantitative estimate of drug-likeness (QED) is 0.629. The van der Waals surface area contributed by atoms with Gasteiger partial charge >= 0.3 is 0 Å². The van der Waals surface area contributed by atoms with E-state index < -0.39 is 6.10 Å². The number of hydrogen-bond acceptors (Lipinski definition) is 2. The van der Waals surface area contributed by atoms with Crippen molar-refractivity contribution in [1.29, 1.82) is 0 Å². The summed E-state index contributed by atoms with van der Waals surface area (Å²) >= 11 is 0. The van der Waals surface area contributed by atoms with Gasteiger partial charge in [-0.05, 0) is 19.8 Å². The number of aliphatic hydroxyl groups excluding tert-OH is 1. The monoisotopic (exact) mass is 157 g/mol.